The molecule has 0 fully saturated rings. The fourth-order valence-corrected chi connectivity index (χ4v) is 2.00. The second-order valence-corrected chi connectivity index (χ2v) is 3.86. The maximum atomic E-state index is 5.33. The molecule has 0 spiro atoms. The van der Waals surface area contributed by atoms with E-state index in [1.165, 1.54) is 11.2 Å². The molecule has 0 aliphatic carbocycles. The Morgan fingerprint density at radius 1 is 1.53 bits per heavy atom. The van der Waals surface area contributed by atoms with Crippen molar-refractivity contribution >= 4 is 11.3 Å². The highest BCUT2D eigenvalue weighted by atomic mass is 32.1. The molecule has 0 aliphatic heterocycles. The Labute approximate surface area is 91.8 Å². The molecule has 2 N–H and O–H groups in total. The van der Waals surface area contributed by atoms with Crippen LogP contribution in [0.15, 0.2) is 24.1 Å². The second-order valence-electron chi connectivity index (χ2n) is 2.86. The predicted octanol–water partition coefficient (Wildman–Crippen LogP) is 0.698. The van der Waals surface area contributed by atoms with E-state index in [2.05, 4.69) is 21.9 Å². The first-order valence-corrected chi connectivity index (χ1v) is 5.36. The van der Waals surface area contributed by atoms with Crippen molar-refractivity contribution in [2.24, 2.45) is 5.73 Å². The van der Waals surface area contributed by atoms with Crippen LogP contribution < -0.4 is 5.73 Å². The van der Waals surface area contributed by atoms with Crippen LogP contribution in [0.25, 0.3) is 0 Å². The highest BCUT2D eigenvalue weighted by Gasteiger charge is 2.02. The molecule has 0 amide bonds. The van der Waals surface area contributed by atoms with Crippen molar-refractivity contribution in [3.8, 4) is 11.8 Å². The molecular formula is C10H10N4S. The summed E-state index contributed by atoms with van der Waals surface area (Å²) >= 11 is 1.67. The van der Waals surface area contributed by atoms with E-state index in [9.17, 15) is 0 Å². The molecular weight excluding hydrogens is 208 g/mol. The zero-order chi connectivity index (χ0) is 10.5. The molecule has 5 heteroatoms. The van der Waals surface area contributed by atoms with E-state index in [0.29, 0.717) is 13.1 Å². The van der Waals surface area contributed by atoms with Crippen LogP contribution in [0.4, 0.5) is 0 Å². The lowest BCUT2D eigenvalue weighted by atomic mass is 10.2. The van der Waals surface area contributed by atoms with Crippen LogP contribution in [0.1, 0.15) is 10.4 Å². The van der Waals surface area contributed by atoms with E-state index in [-0.39, 0.29) is 0 Å². The van der Waals surface area contributed by atoms with Gasteiger partial charge < -0.3 is 5.73 Å². The average Bonchev–Trinajstić information content (AvgIpc) is 2.87. The molecule has 0 saturated heterocycles. The molecule has 2 rings (SSSR count). The number of nitrogens with zero attached hydrogens (tertiary/aromatic N) is 3. The highest BCUT2D eigenvalue weighted by molar-refractivity contribution is 7.10. The lowest BCUT2D eigenvalue weighted by Crippen LogP contribution is -1.99. The molecule has 0 saturated carbocycles. The van der Waals surface area contributed by atoms with Gasteiger partial charge in [0.05, 0.1) is 13.1 Å². The first kappa shape index (κ1) is 9.90. The number of hydrogen-bond donors (Lipinski definition) is 1. The zero-order valence-electron chi connectivity index (χ0n) is 8.05. The van der Waals surface area contributed by atoms with Crippen LogP contribution in [-0.2, 0) is 6.54 Å². The number of thiophene rings is 1. The van der Waals surface area contributed by atoms with E-state index in [0.717, 1.165) is 5.56 Å². The van der Waals surface area contributed by atoms with E-state index >= 15 is 0 Å². The molecule has 0 unspecified atom stereocenters. The highest BCUT2D eigenvalue weighted by Crippen LogP contribution is 2.16. The summed E-state index contributed by atoms with van der Waals surface area (Å²) in [5.41, 5.74) is 6.36. The zero-order valence-corrected chi connectivity index (χ0v) is 8.87. The molecule has 76 valence electrons. The van der Waals surface area contributed by atoms with Crippen molar-refractivity contribution in [1.29, 1.82) is 0 Å². The van der Waals surface area contributed by atoms with Crippen LogP contribution >= 0.6 is 11.3 Å². The van der Waals surface area contributed by atoms with E-state index < -0.39 is 0 Å². The lowest BCUT2D eigenvalue weighted by Gasteiger charge is -1.97. The Morgan fingerprint density at radius 2 is 2.47 bits per heavy atom. The van der Waals surface area contributed by atoms with Crippen molar-refractivity contribution in [2.75, 3.05) is 6.54 Å². The van der Waals surface area contributed by atoms with Gasteiger partial charge in [0.1, 0.15) is 12.7 Å². The lowest BCUT2D eigenvalue weighted by molar-refractivity contribution is 0.692. The molecule has 0 radical (unpaired) electrons. The SMILES string of the molecule is NCC#Cc1ccsc1Cn1cncn1. The number of rotatable bonds is 2. The Bertz CT molecular complexity index is 475. The number of hydrogen-bond acceptors (Lipinski definition) is 4. The van der Waals surface area contributed by atoms with Crippen molar-refractivity contribution in [3.63, 3.8) is 0 Å². The summed E-state index contributed by atoms with van der Waals surface area (Å²) in [6.07, 6.45) is 3.22. The average molecular weight is 218 g/mol. The first-order chi connectivity index (χ1) is 7.40. The van der Waals surface area contributed by atoms with E-state index in [1.54, 1.807) is 22.3 Å². The molecule has 0 atom stereocenters. The van der Waals surface area contributed by atoms with Crippen LogP contribution in [0.3, 0.4) is 0 Å². The van der Waals surface area contributed by atoms with Crippen molar-refractivity contribution in [1.82, 2.24) is 14.8 Å². The summed E-state index contributed by atoms with van der Waals surface area (Å²) in [5.74, 6) is 5.89. The second kappa shape index (κ2) is 4.73. The van der Waals surface area contributed by atoms with Gasteiger partial charge in [0.25, 0.3) is 0 Å². The summed E-state index contributed by atoms with van der Waals surface area (Å²) in [4.78, 5) is 5.08. The van der Waals surface area contributed by atoms with E-state index in [1.807, 2.05) is 11.4 Å². The van der Waals surface area contributed by atoms with Crippen molar-refractivity contribution in [3.05, 3.63) is 34.5 Å². The normalized spacial score (nSPS) is 9.67. The number of aromatic nitrogens is 3. The molecule has 0 bridgehead atoms. The van der Waals surface area contributed by atoms with Crippen molar-refractivity contribution in [2.45, 2.75) is 6.54 Å². The third-order valence-corrected chi connectivity index (χ3v) is 2.75. The van der Waals surface area contributed by atoms with Crippen LogP contribution in [0.5, 0.6) is 0 Å². The molecule has 2 heterocycles. The fraction of sp³-hybridized carbons (Fsp3) is 0.200. The Hall–Kier alpha value is -1.64. The Balaban J connectivity index is 2.18. The fourth-order valence-electron chi connectivity index (χ4n) is 1.18. The van der Waals surface area contributed by atoms with Gasteiger partial charge in [-0.2, -0.15) is 5.10 Å². The standard InChI is InChI=1S/C10H10N4S/c11-4-1-2-9-3-5-15-10(9)6-14-8-12-7-13-14/h3,5,7-8H,4,6,11H2. The summed E-state index contributed by atoms with van der Waals surface area (Å²) in [7, 11) is 0. The Morgan fingerprint density at radius 3 is 3.20 bits per heavy atom. The minimum Gasteiger partial charge on any atom is -0.320 e. The van der Waals surface area contributed by atoms with Gasteiger partial charge in [0.15, 0.2) is 0 Å². The van der Waals surface area contributed by atoms with Crippen LogP contribution in [0, 0.1) is 11.8 Å². The van der Waals surface area contributed by atoms with Gasteiger partial charge in [-0.25, -0.2) is 9.67 Å². The van der Waals surface area contributed by atoms with Crippen molar-refractivity contribution < 1.29 is 0 Å². The third kappa shape index (κ3) is 2.43. The maximum absolute atomic E-state index is 5.33. The molecule has 4 nitrogen and oxygen atoms in total. The largest absolute Gasteiger partial charge is 0.320 e. The summed E-state index contributed by atoms with van der Waals surface area (Å²) < 4.78 is 1.78. The monoisotopic (exact) mass is 218 g/mol. The molecule has 2 aromatic rings. The van der Waals surface area contributed by atoms with Gasteiger partial charge in [0, 0.05) is 10.4 Å². The van der Waals surface area contributed by atoms with Gasteiger partial charge in [-0.1, -0.05) is 11.8 Å². The minimum absolute atomic E-state index is 0.388. The summed E-state index contributed by atoms with van der Waals surface area (Å²) in [5, 5.41) is 6.07. The summed E-state index contributed by atoms with van der Waals surface area (Å²) in [6.45, 7) is 1.10. The quantitative estimate of drug-likeness (QED) is 0.755. The topological polar surface area (TPSA) is 56.7 Å². The molecule has 0 aliphatic rings. The van der Waals surface area contributed by atoms with Gasteiger partial charge >= 0.3 is 0 Å². The smallest absolute Gasteiger partial charge is 0.137 e. The van der Waals surface area contributed by atoms with E-state index in [4.69, 9.17) is 5.73 Å². The summed E-state index contributed by atoms with van der Waals surface area (Å²) in [6, 6.07) is 2.00. The predicted molar refractivity (Wildman–Crippen MR) is 59.4 cm³/mol. The van der Waals surface area contributed by atoms with Gasteiger partial charge in [-0.3, -0.25) is 0 Å². The van der Waals surface area contributed by atoms with Gasteiger partial charge in [0.2, 0.25) is 0 Å². The third-order valence-electron chi connectivity index (χ3n) is 1.84. The molecule has 15 heavy (non-hydrogen) atoms. The number of nitrogens with two attached hydrogens (primary N) is 1. The van der Waals surface area contributed by atoms with Crippen LogP contribution in [0.2, 0.25) is 0 Å². The Kier molecular flexibility index (Phi) is 3.12. The minimum atomic E-state index is 0.388. The maximum Gasteiger partial charge on any atom is 0.137 e. The molecule has 0 aromatic carbocycles. The first-order valence-electron chi connectivity index (χ1n) is 4.48. The van der Waals surface area contributed by atoms with Crippen LogP contribution in [-0.4, -0.2) is 21.3 Å². The van der Waals surface area contributed by atoms with Gasteiger partial charge in [-0.05, 0) is 11.4 Å². The van der Waals surface area contributed by atoms with Gasteiger partial charge in [-0.15, -0.1) is 11.3 Å². The molecule has 2 aromatic heterocycles.